The minimum atomic E-state index is -0.678. The molecular weight excluding hydrogens is 354 g/mol. The van der Waals surface area contributed by atoms with E-state index in [0.29, 0.717) is 23.2 Å². The van der Waals surface area contributed by atoms with Crippen molar-refractivity contribution in [3.05, 3.63) is 47.7 Å². The van der Waals surface area contributed by atoms with E-state index in [-0.39, 0.29) is 0 Å². The third-order valence-electron chi connectivity index (χ3n) is 4.31. The molecule has 3 rings (SSSR count). The summed E-state index contributed by atoms with van der Waals surface area (Å²) in [6.45, 7) is 2.15. The van der Waals surface area contributed by atoms with Gasteiger partial charge in [-0.15, -0.1) is 0 Å². The maximum Gasteiger partial charge on any atom is 0.313 e. The molecule has 7 nitrogen and oxygen atoms in total. The number of hydrogen-bond acceptors (Lipinski definition) is 5. The van der Waals surface area contributed by atoms with Gasteiger partial charge in [0.2, 0.25) is 5.95 Å². The number of nitrogens with one attached hydrogen (secondary N) is 2. The normalized spacial score (nSPS) is 14.7. The minimum Gasteiger partial charge on any atom is -0.348 e. The van der Waals surface area contributed by atoms with Gasteiger partial charge in [0.1, 0.15) is 0 Å². The van der Waals surface area contributed by atoms with Gasteiger partial charge in [-0.3, -0.25) is 9.59 Å². The third kappa shape index (κ3) is 4.92. The maximum atomic E-state index is 12.0. The number of halogens is 1. The monoisotopic (exact) mass is 373 g/mol. The Morgan fingerprint density at radius 1 is 1.08 bits per heavy atom. The Hall–Kier alpha value is -2.67. The molecule has 0 saturated carbocycles. The van der Waals surface area contributed by atoms with Crippen molar-refractivity contribution in [2.24, 2.45) is 5.92 Å². The zero-order valence-corrected chi connectivity index (χ0v) is 14.9. The molecule has 0 atom stereocenters. The summed E-state index contributed by atoms with van der Waals surface area (Å²) in [5, 5.41) is 5.83. The number of rotatable bonds is 4. The lowest BCUT2D eigenvalue weighted by atomic mass is 9.97. The fourth-order valence-corrected chi connectivity index (χ4v) is 2.96. The Bertz CT molecular complexity index is 746. The zero-order valence-electron chi connectivity index (χ0n) is 14.2. The van der Waals surface area contributed by atoms with Gasteiger partial charge in [0.15, 0.2) is 0 Å². The van der Waals surface area contributed by atoms with E-state index in [2.05, 4.69) is 25.5 Å². The maximum absolute atomic E-state index is 12.0. The highest BCUT2D eigenvalue weighted by atomic mass is 35.5. The van der Waals surface area contributed by atoms with Crippen molar-refractivity contribution in [3.8, 4) is 0 Å². The topological polar surface area (TPSA) is 87.2 Å². The lowest BCUT2D eigenvalue weighted by molar-refractivity contribution is -0.136. The van der Waals surface area contributed by atoms with Crippen LogP contribution < -0.4 is 15.5 Å². The van der Waals surface area contributed by atoms with Crippen LogP contribution in [0.5, 0.6) is 0 Å². The number of piperidine rings is 1. The molecule has 8 heteroatoms. The van der Waals surface area contributed by atoms with Crippen molar-refractivity contribution in [2.45, 2.75) is 12.8 Å². The smallest absolute Gasteiger partial charge is 0.313 e. The Morgan fingerprint density at radius 2 is 1.73 bits per heavy atom. The van der Waals surface area contributed by atoms with Crippen molar-refractivity contribution < 1.29 is 9.59 Å². The van der Waals surface area contributed by atoms with Crippen molar-refractivity contribution >= 4 is 35.1 Å². The highest BCUT2D eigenvalue weighted by molar-refractivity contribution is 6.39. The first kappa shape index (κ1) is 18.1. The first-order valence-electron chi connectivity index (χ1n) is 8.48. The minimum absolute atomic E-state index is 0.335. The van der Waals surface area contributed by atoms with Gasteiger partial charge in [-0.1, -0.05) is 11.6 Å². The van der Waals surface area contributed by atoms with E-state index in [1.54, 1.807) is 42.7 Å². The van der Waals surface area contributed by atoms with Crippen LogP contribution in [-0.4, -0.2) is 41.4 Å². The average molecular weight is 374 g/mol. The van der Waals surface area contributed by atoms with E-state index in [1.165, 1.54) is 0 Å². The lowest BCUT2D eigenvalue weighted by Gasteiger charge is -2.31. The summed E-state index contributed by atoms with van der Waals surface area (Å²) in [4.78, 5) is 34.5. The quantitative estimate of drug-likeness (QED) is 0.801. The largest absolute Gasteiger partial charge is 0.348 e. The van der Waals surface area contributed by atoms with E-state index in [9.17, 15) is 9.59 Å². The number of hydrogen-bond donors (Lipinski definition) is 2. The van der Waals surface area contributed by atoms with Gasteiger partial charge in [-0.2, -0.15) is 0 Å². The van der Waals surface area contributed by atoms with Gasteiger partial charge >= 0.3 is 11.8 Å². The molecule has 0 unspecified atom stereocenters. The standard InChI is InChI=1S/C18H20ClN5O2/c19-14-2-4-15(5-3-14)23-17(26)16(25)22-12-13-6-10-24(11-7-13)18-20-8-1-9-21-18/h1-5,8-9,13H,6-7,10-12H2,(H,22,25)(H,23,26). The predicted molar refractivity (Wildman–Crippen MR) is 100 cm³/mol. The van der Waals surface area contributed by atoms with Crippen LogP contribution in [0.2, 0.25) is 5.02 Å². The molecule has 1 saturated heterocycles. The van der Waals surface area contributed by atoms with Gasteiger partial charge in [-0.05, 0) is 49.1 Å². The van der Waals surface area contributed by atoms with Crippen molar-refractivity contribution in [1.29, 1.82) is 0 Å². The van der Waals surface area contributed by atoms with E-state index in [4.69, 9.17) is 11.6 Å². The van der Waals surface area contributed by atoms with Gasteiger partial charge in [0.25, 0.3) is 0 Å². The van der Waals surface area contributed by atoms with Gasteiger partial charge < -0.3 is 15.5 Å². The number of anilines is 2. The van der Waals surface area contributed by atoms with E-state index < -0.39 is 11.8 Å². The molecule has 1 aliphatic rings. The van der Waals surface area contributed by atoms with Crippen LogP contribution in [0.15, 0.2) is 42.7 Å². The fraction of sp³-hybridized carbons (Fsp3) is 0.333. The Morgan fingerprint density at radius 3 is 2.38 bits per heavy atom. The molecule has 0 bridgehead atoms. The summed E-state index contributed by atoms with van der Waals surface area (Å²) in [6.07, 6.45) is 5.29. The van der Waals surface area contributed by atoms with Crippen LogP contribution in [0, 0.1) is 5.92 Å². The van der Waals surface area contributed by atoms with Gasteiger partial charge in [-0.25, -0.2) is 9.97 Å². The Balaban J connectivity index is 1.41. The number of aromatic nitrogens is 2. The first-order chi connectivity index (χ1) is 12.6. The molecule has 2 aromatic rings. The number of amides is 2. The molecule has 136 valence electrons. The predicted octanol–water partition coefficient (Wildman–Crippen LogP) is 2.10. The SMILES string of the molecule is O=C(NCC1CCN(c2ncccn2)CC1)C(=O)Nc1ccc(Cl)cc1. The summed E-state index contributed by atoms with van der Waals surface area (Å²) < 4.78 is 0. The Kier molecular flexibility index (Phi) is 6.01. The van der Waals surface area contributed by atoms with E-state index >= 15 is 0 Å². The van der Waals surface area contributed by atoms with Crippen LogP contribution in [0.25, 0.3) is 0 Å². The molecule has 2 N–H and O–H groups in total. The van der Waals surface area contributed by atoms with Crippen LogP contribution in [0.3, 0.4) is 0 Å². The molecule has 26 heavy (non-hydrogen) atoms. The summed E-state index contributed by atoms with van der Waals surface area (Å²) >= 11 is 5.79. The number of carbonyl (C=O) groups excluding carboxylic acids is 2. The molecule has 1 aromatic heterocycles. The fourth-order valence-electron chi connectivity index (χ4n) is 2.83. The second kappa shape index (κ2) is 8.62. The van der Waals surface area contributed by atoms with Crippen LogP contribution in [0.1, 0.15) is 12.8 Å². The van der Waals surface area contributed by atoms with E-state index in [1.807, 2.05) is 0 Å². The molecule has 1 fully saturated rings. The molecule has 1 aromatic carbocycles. The molecule has 2 amide bonds. The number of benzene rings is 1. The zero-order chi connectivity index (χ0) is 18.4. The lowest BCUT2D eigenvalue weighted by Crippen LogP contribution is -2.42. The van der Waals surface area contributed by atoms with Crippen molar-refractivity contribution in [3.63, 3.8) is 0 Å². The van der Waals surface area contributed by atoms with Crippen LogP contribution in [-0.2, 0) is 9.59 Å². The molecule has 0 radical (unpaired) electrons. The van der Waals surface area contributed by atoms with Crippen molar-refractivity contribution in [2.75, 3.05) is 29.9 Å². The Labute approximate surface area is 156 Å². The average Bonchev–Trinajstić information content (AvgIpc) is 2.69. The molecule has 0 spiro atoms. The summed E-state index contributed by atoms with van der Waals surface area (Å²) in [5.41, 5.74) is 0.533. The highest BCUT2D eigenvalue weighted by Crippen LogP contribution is 2.19. The highest BCUT2D eigenvalue weighted by Gasteiger charge is 2.22. The van der Waals surface area contributed by atoms with Gasteiger partial charge in [0.05, 0.1) is 0 Å². The summed E-state index contributed by atoms with van der Waals surface area (Å²) in [5.74, 6) is -0.240. The molecular formula is C18H20ClN5O2. The van der Waals surface area contributed by atoms with Gasteiger partial charge in [0, 0.05) is 42.7 Å². The molecule has 0 aliphatic carbocycles. The molecule has 1 aliphatic heterocycles. The third-order valence-corrected chi connectivity index (χ3v) is 4.56. The molecule has 2 heterocycles. The van der Waals surface area contributed by atoms with Crippen LogP contribution >= 0.6 is 11.6 Å². The van der Waals surface area contributed by atoms with Crippen LogP contribution in [0.4, 0.5) is 11.6 Å². The summed E-state index contributed by atoms with van der Waals surface area (Å²) in [7, 11) is 0. The second-order valence-corrected chi connectivity index (χ2v) is 6.59. The number of carbonyl (C=O) groups is 2. The second-order valence-electron chi connectivity index (χ2n) is 6.15. The van der Waals surface area contributed by atoms with Crippen molar-refractivity contribution in [1.82, 2.24) is 15.3 Å². The first-order valence-corrected chi connectivity index (χ1v) is 8.86. The number of nitrogens with zero attached hydrogens (tertiary/aromatic N) is 3. The van der Waals surface area contributed by atoms with E-state index in [0.717, 1.165) is 31.9 Å². The summed E-state index contributed by atoms with van der Waals surface area (Å²) in [6, 6.07) is 8.39.